The van der Waals surface area contributed by atoms with E-state index in [2.05, 4.69) is 22.7 Å². The van der Waals surface area contributed by atoms with Gasteiger partial charge in [0.05, 0.1) is 5.71 Å². The Hall–Kier alpha value is -3.40. The van der Waals surface area contributed by atoms with Crippen molar-refractivity contribution in [3.63, 3.8) is 0 Å². The monoisotopic (exact) mass is 358 g/mol. The molecule has 0 aliphatic heterocycles. The van der Waals surface area contributed by atoms with Gasteiger partial charge < -0.3 is 4.74 Å². The molecule has 0 aromatic heterocycles. The fraction of sp³-hybridized carbons (Fsp3) is 0.130. The Balaban J connectivity index is 1.54. The van der Waals surface area contributed by atoms with Crippen molar-refractivity contribution in [2.75, 3.05) is 6.61 Å². The van der Waals surface area contributed by atoms with Crippen LogP contribution in [-0.4, -0.2) is 18.2 Å². The first-order valence-corrected chi connectivity index (χ1v) is 8.95. The minimum absolute atomic E-state index is 0.0834. The van der Waals surface area contributed by atoms with Crippen molar-refractivity contribution in [1.29, 1.82) is 0 Å². The standard InChI is InChI=1S/C23H22N2O2/c1-2-22(20-11-7-4-8-12-20)24-25-23(26)17-27-21-15-13-19(14-16-21)18-9-5-3-6-10-18/h3-16H,2,17H2,1H3,(H,25,26). The topological polar surface area (TPSA) is 50.7 Å². The first kappa shape index (κ1) is 18.4. The number of hydrogen-bond donors (Lipinski definition) is 1. The van der Waals surface area contributed by atoms with Crippen LogP contribution in [0.2, 0.25) is 0 Å². The Morgan fingerprint density at radius 3 is 2.07 bits per heavy atom. The summed E-state index contributed by atoms with van der Waals surface area (Å²) in [5, 5.41) is 4.22. The van der Waals surface area contributed by atoms with Crippen LogP contribution in [0.5, 0.6) is 5.75 Å². The van der Waals surface area contributed by atoms with Gasteiger partial charge in [-0.25, -0.2) is 5.43 Å². The molecule has 0 spiro atoms. The molecule has 4 heteroatoms. The minimum Gasteiger partial charge on any atom is -0.484 e. The van der Waals surface area contributed by atoms with E-state index in [1.54, 1.807) is 0 Å². The lowest BCUT2D eigenvalue weighted by molar-refractivity contribution is -0.123. The molecule has 1 amide bonds. The van der Waals surface area contributed by atoms with Gasteiger partial charge in [0.2, 0.25) is 0 Å². The largest absolute Gasteiger partial charge is 0.484 e. The van der Waals surface area contributed by atoms with Crippen molar-refractivity contribution < 1.29 is 9.53 Å². The van der Waals surface area contributed by atoms with E-state index < -0.39 is 0 Å². The summed E-state index contributed by atoms with van der Waals surface area (Å²) in [5.41, 5.74) is 6.64. The van der Waals surface area contributed by atoms with E-state index in [0.29, 0.717) is 5.75 Å². The van der Waals surface area contributed by atoms with Crippen molar-refractivity contribution in [3.8, 4) is 16.9 Å². The van der Waals surface area contributed by atoms with E-state index in [1.165, 1.54) is 0 Å². The zero-order chi connectivity index (χ0) is 18.9. The molecule has 0 aliphatic rings. The second kappa shape index (κ2) is 9.34. The number of nitrogens with zero attached hydrogens (tertiary/aromatic N) is 1. The minimum atomic E-state index is -0.288. The summed E-state index contributed by atoms with van der Waals surface area (Å²) in [4.78, 5) is 12.0. The zero-order valence-electron chi connectivity index (χ0n) is 15.3. The first-order chi connectivity index (χ1) is 13.3. The molecule has 3 aromatic rings. The van der Waals surface area contributed by atoms with Crippen molar-refractivity contribution in [3.05, 3.63) is 90.5 Å². The maximum absolute atomic E-state index is 12.0. The lowest BCUT2D eigenvalue weighted by Gasteiger charge is -2.08. The lowest BCUT2D eigenvalue weighted by atomic mass is 10.1. The first-order valence-electron chi connectivity index (χ1n) is 8.95. The molecule has 0 radical (unpaired) electrons. The van der Waals surface area contributed by atoms with Gasteiger partial charge in [-0.2, -0.15) is 5.10 Å². The molecule has 27 heavy (non-hydrogen) atoms. The summed E-state index contributed by atoms with van der Waals surface area (Å²) in [6.45, 7) is 1.92. The number of hydrogen-bond acceptors (Lipinski definition) is 3. The van der Waals surface area contributed by atoms with E-state index in [9.17, 15) is 4.79 Å². The molecule has 136 valence electrons. The third kappa shape index (κ3) is 5.28. The Labute approximate surface area is 159 Å². The van der Waals surface area contributed by atoms with Crippen LogP contribution in [0.25, 0.3) is 11.1 Å². The third-order valence-corrected chi connectivity index (χ3v) is 4.09. The summed E-state index contributed by atoms with van der Waals surface area (Å²) < 4.78 is 5.55. The molecule has 0 saturated heterocycles. The van der Waals surface area contributed by atoms with E-state index in [4.69, 9.17) is 4.74 Å². The van der Waals surface area contributed by atoms with Crippen LogP contribution in [0.1, 0.15) is 18.9 Å². The quantitative estimate of drug-likeness (QED) is 0.493. The lowest BCUT2D eigenvalue weighted by Crippen LogP contribution is -2.26. The summed E-state index contributed by atoms with van der Waals surface area (Å²) >= 11 is 0. The highest BCUT2D eigenvalue weighted by Crippen LogP contribution is 2.21. The highest BCUT2D eigenvalue weighted by molar-refractivity contribution is 6.00. The van der Waals surface area contributed by atoms with Gasteiger partial charge in [-0.05, 0) is 35.2 Å². The van der Waals surface area contributed by atoms with Crippen LogP contribution < -0.4 is 10.2 Å². The molecule has 0 unspecified atom stereocenters. The van der Waals surface area contributed by atoms with Gasteiger partial charge in [-0.3, -0.25) is 4.79 Å². The summed E-state index contributed by atoms with van der Waals surface area (Å²) in [5.74, 6) is 0.358. The van der Waals surface area contributed by atoms with Gasteiger partial charge in [0.15, 0.2) is 6.61 Å². The molecule has 0 heterocycles. The smallest absolute Gasteiger partial charge is 0.277 e. The maximum Gasteiger partial charge on any atom is 0.277 e. The van der Waals surface area contributed by atoms with E-state index in [-0.39, 0.29) is 12.5 Å². The molecule has 0 saturated carbocycles. The fourth-order valence-corrected chi connectivity index (χ4v) is 2.66. The third-order valence-electron chi connectivity index (χ3n) is 4.09. The zero-order valence-corrected chi connectivity index (χ0v) is 15.3. The van der Waals surface area contributed by atoms with Crippen molar-refractivity contribution in [2.24, 2.45) is 5.10 Å². The Kier molecular flexibility index (Phi) is 6.36. The molecule has 0 aliphatic carbocycles. The highest BCUT2D eigenvalue weighted by atomic mass is 16.5. The van der Waals surface area contributed by atoms with E-state index >= 15 is 0 Å². The molecule has 0 bridgehead atoms. The van der Waals surface area contributed by atoms with Crippen LogP contribution in [-0.2, 0) is 4.79 Å². The van der Waals surface area contributed by atoms with Gasteiger partial charge in [-0.1, -0.05) is 79.7 Å². The number of benzene rings is 3. The number of amides is 1. The Morgan fingerprint density at radius 1 is 0.852 bits per heavy atom. The average molecular weight is 358 g/mol. The van der Waals surface area contributed by atoms with Crippen LogP contribution in [0.4, 0.5) is 0 Å². The average Bonchev–Trinajstić information content (AvgIpc) is 2.74. The predicted octanol–water partition coefficient (Wildman–Crippen LogP) is 4.66. The number of rotatable bonds is 7. The maximum atomic E-state index is 12.0. The second-order valence-corrected chi connectivity index (χ2v) is 5.99. The number of hydrazone groups is 1. The Bertz CT molecular complexity index is 889. The molecular formula is C23H22N2O2. The SMILES string of the molecule is CCC(=NNC(=O)COc1ccc(-c2ccccc2)cc1)c1ccccc1. The summed E-state index contributed by atoms with van der Waals surface area (Å²) in [7, 11) is 0. The number of carbonyl (C=O) groups excluding carboxylic acids is 1. The molecule has 0 atom stereocenters. The fourth-order valence-electron chi connectivity index (χ4n) is 2.66. The summed E-state index contributed by atoms with van der Waals surface area (Å²) in [6, 6.07) is 27.6. The second-order valence-electron chi connectivity index (χ2n) is 5.99. The Morgan fingerprint density at radius 2 is 1.44 bits per heavy atom. The van der Waals surface area contributed by atoms with Crippen molar-refractivity contribution >= 4 is 11.6 Å². The van der Waals surface area contributed by atoms with Crippen LogP contribution in [0.15, 0.2) is 90.0 Å². The van der Waals surface area contributed by atoms with E-state index in [0.717, 1.165) is 28.8 Å². The van der Waals surface area contributed by atoms with Crippen LogP contribution in [0, 0.1) is 0 Å². The number of nitrogens with one attached hydrogen (secondary N) is 1. The number of carbonyl (C=O) groups is 1. The molecule has 1 N–H and O–H groups in total. The highest BCUT2D eigenvalue weighted by Gasteiger charge is 2.05. The van der Waals surface area contributed by atoms with Crippen molar-refractivity contribution in [2.45, 2.75) is 13.3 Å². The molecule has 3 aromatic carbocycles. The van der Waals surface area contributed by atoms with Crippen LogP contribution >= 0.6 is 0 Å². The molecule has 4 nitrogen and oxygen atoms in total. The van der Waals surface area contributed by atoms with Gasteiger partial charge in [-0.15, -0.1) is 0 Å². The van der Waals surface area contributed by atoms with Gasteiger partial charge in [0.25, 0.3) is 5.91 Å². The molecule has 0 fully saturated rings. The predicted molar refractivity (Wildman–Crippen MR) is 109 cm³/mol. The van der Waals surface area contributed by atoms with Gasteiger partial charge in [0.1, 0.15) is 5.75 Å². The van der Waals surface area contributed by atoms with Gasteiger partial charge in [0, 0.05) is 0 Å². The number of ether oxygens (including phenoxy) is 1. The van der Waals surface area contributed by atoms with Crippen LogP contribution in [0.3, 0.4) is 0 Å². The molecular weight excluding hydrogens is 336 g/mol. The van der Waals surface area contributed by atoms with E-state index in [1.807, 2.05) is 79.7 Å². The molecule has 3 rings (SSSR count). The normalized spacial score (nSPS) is 11.1. The summed E-state index contributed by atoms with van der Waals surface area (Å²) in [6.07, 6.45) is 0.728. The van der Waals surface area contributed by atoms with Gasteiger partial charge >= 0.3 is 0 Å². The van der Waals surface area contributed by atoms with Crippen molar-refractivity contribution in [1.82, 2.24) is 5.43 Å².